The Bertz CT molecular complexity index is 892. The van der Waals surface area contributed by atoms with Gasteiger partial charge in [0.2, 0.25) is 0 Å². The van der Waals surface area contributed by atoms with Crippen molar-refractivity contribution in [2.24, 2.45) is 0 Å². The third kappa shape index (κ3) is 6.66. The van der Waals surface area contributed by atoms with Gasteiger partial charge in [-0.15, -0.1) is 0 Å². The normalized spacial score (nSPS) is 22.7. The quantitative estimate of drug-likeness (QED) is 0.497. The van der Waals surface area contributed by atoms with E-state index in [0.717, 1.165) is 37.6 Å². The van der Waals surface area contributed by atoms with E-state index in [-0.39, 0.29) is 6.61 Å². The molecule has 6 nitrogen and oxygen atoms in total. The Morgan fingerprint density at radius 1 is 1.12 bits per heavy atom. The lowest BCUT2D eigenvalue weighted by Crippen LogP contribution is -2.46. The lowest BCUT2D eigenvalue weighted by Gasteiger charge is -2.33. The number of rotatable bonds is 10. The van der Waals surface area contributed by atoms with Crippen molar-refractivity contribution in [2.75, 3.05) is 26.2 Å². The van der Waals surface area contributed by atoms with Crippen LogP contribution in [0.3, 0.4) is 0 Å². The Kier molecular flexibility index (Phi) is 7.58. The van der Waals surface area contributed by atoms with Crippen LogP contribution in [0.4, 0.5) is 0 Å². The number of likely N-dealkylation sites (tertiary alicyclic amines) is 1. The van der Waals surface area contributed by atoms with Crippen LogP contribution < -0.4 is 10.1 Å². The van der Waals surface area contributed by atoms with E-state index >= 15 is 0 Å². The number of carboxylic acid groups (broad SMARTS) is 1. The Balaban J connectivity index is 1.12. The molecule has 2 fully saturated rings. The molecule has 32 heavy (non-hydrogen) atoms. The number of β-amino-alcohol motifs (C(OH)–C–C–N with tert-alkyl or cyclic N) is 1. The van der Waals surface area contributed by atoms with Gasteiger partial charge in [-0.1, -0.05) is 42.5 Å². The fourth-order valence-electron chi connectivity index (χ4n) is 4.42. The minimum absolute atomic E-state index is 0.239. The van der Waals surface area contributed by atoms with E-state index in [0.29, 0.717) is 30.3 Å². The van der Waals surface area contributed by atoms with E-state index in [1.54, 1.807) is 24.3 Å². The molecule has 2 aromatic carbocycles. The number of piperidine rings is 1. The van der Waals surface area contributed by atoms with Gasteiger partial charge in [0, 0.05) is 30.6 Å². The average molecular weight is 437 g/mol. The first-order valence-corrected chi connectivity index (χ1v) is 11.4. The van der Waals surface area contributed by atoms with E-state index < -0.39 is 12.1 Å². The van der Waals surface area contributed by atoms with Gasteiger partial charge in [-0.05, 0) is 61.7 Å². The molecule has 4 rings (SSSR count). The summed E-state index contributed by atoms with van der Waals surface area (Å²) in [6.07, 6.45) is 5.54. The molecule has 1 saturated carbocycles. The van der Waals surface area contributed by atoms with Gasteiger partial charge in [0.25, 0.3) is 0 Å². The zero-order chi connectivity index (χ0) is 22.3. The number of ether oxygens (including phenoxy) is 1. The maximum absolute atomic E-state index is 10.6. The second kappa shape index (κ2) is 10.8. The third-order valence-electron chi connectivity index (χ3n) is 6.27. The molecule has 1 aliphatic heterocycles. The van der Waals surface area contributed by atoms with Gasteiger partial charge in [-0.3, -0.25) is 0 Å². The Morgan fingerprint density at radius 3 is 2.53 bits per heavy atom. The summed E-state index contributed by atoms with van der Waals surface area (Å²) in [4.78, 5) is 12.9. The van der Waals surface area contributed by atoms with E-state index in [2.05, 4.69) is 40.5 Å². The van der Waals surface area contributed by atoms with Crippen molar-refractivity contribution in [2.45, 2.75) is 43.4 Å². The molecular weight excluding hydrogens is 404 g/mol. The van der Waals surface area contributed by atoms with Crippen molar-refractivity contribution in [3.05, 3.63) is 71.8 Å². The first-order valence-electron chi connectivity index (χ1n) is 11.4. The van der Waals surface area contributed by atoms with Gasteiger partial charge in [-0.2, -0.15) is 0 Å². The summed E-state index contributed by atoms with van der Waals surface area (Å²) in [7, 11) is 0. The summed E-state index contributed by atoms with van der Waals surface area (Å²) in [5.74, 6) is 0.351. The first-order chi connectivity index (χ1) is 15.6. The molecule has 1 unspecified atom stereocenters. The van der Waals surface area contributed by atoms with Gasteiger partial charge in [0.1, 0.15) is 18.5 Å². The number of aliphatic carboxylic acids is 1. The van der Waals surface area contributed by atoms with Crippen LogP contribution in [0.25, 0.3) is 6.08 Å². The fraction of sp³-hybridized carbons (Fsp3) is 0.423. The Hall–Kier alpha value is -2.67. The third-order valence-corrected chi connectivity index (χ3v) is 6.27. The average Bonchev–Trinajstić information content (AvgIpc) is 3.58. The van der Waals surface area contributed by atoms with Crippen molar-refractivity contribution in [3.8, 4) is 5.75 Å². The van der Waals surface area contributed by atoms with E-state index in [1.807, 2.05) is 0 Å². The largest absolute Gasteiger partial charge is 0.491 e. The molecule has 0 bridgehead atoms. The lowest BCUT2D eigenvalue weighted by atomic mass is 10.0. The number of aliphatic hydroxyl groups is 1. The predicted octanol–water partition coefficient (Wildman–Crippen LogP) is 3.13. The van der Waals surface area contributed by atoms with Gasteiger partial charge in [0.15, 0.2) is 0 Å². The first kappa shape index (κ1) is 22.5. The minimum atomic E-state index is -0.975. The van der Waals surface area contributed by atoms with Crippen LogP contribution in [-0.4, -0.2) is 65.5 Å². The fourth-order valence-corrected chi connectivity index (χ4v) is 4.42. The number of nitrogens with zero attached hydrogens (tertiary/aromatic N) is 1. The van der Waals surface area contributed by atoms with Crippen LogP contribution in [0.1, 0.15) is 36.3 Å². The molecule has 0 aromatic heterocycles. The van der Waals surface area contributed by atoms with Crippen LogP contribution in [0.15, 0.2) is 60.7 Å². The van der Waals surface area contributed by atoms with Crippen LogP contribution in [0, 0.1) is 0 Å². The standard InChI is InChI=1S/C26H32N2O4/c29-22(18-32-23-9-6-19(7-10-23)8-11-26(30)31)17-28-14-12-21(13-15-28)27-25-16-24(25)20-4-2-1-3-5-20/h1-11,21-22,24-25,27,29H,12-18H2,(H,30,31)/t22?,24-,25+/m0/s1. The highest BCUT2D eigenvalue weighted by atomic mass is 16.5. The second-order valence-corrected chi connectivity index (χ2v) is 8.81. The van der Waals surface area contributed by atoms with Crippen LogP contribution in [-0.2, 0) is 4.79 Å². The number of benzene rings is 2. The van der Waals surface area contributed by atoms with E-state index in [1.165, 1.54) is 18.1 Å². The molecule has 1 aliphatic carbocycles. The summed E-state index contributed by atoms with van der Waals surface area (Å²) in [5.41, 5.74) is 2.23. The highest BCUT2D eigenvalue weighted by molar-refractivity contribution is 5.85. The maximum atomic E-state index is 10.6. The number of nitrogens with one attached hydrogen (secondary N) is 1. The molecule has 2 aliphatic rings. The van der Waals surface area contributed by atoms with Crippen molar-refractivity contribution in [1.29, 1.82) is 0 Å². The second-order valence-electron chi connectivity index (χ2n) is 8.81. The monoisotopic (exact) mass is 436 g/mol. The molecule has 2 aromatic rings. The van der Waals surface area contributed by atoms with Gasteiger partial charge < -0.3 is 25.2 Å². The predicted molar refractivity (Wildman–Crippen MR) is 125 cm³/mol. The summed E-state index contributed by atoms with van der Waals surface area (Å²) in [6.45, 7) is 2.83. The molecule has 0 spiro atoms. The maximum Gasteiger partial charge on any atom is 0.328 e. The van der Waals surface area contributed by atoms with Crippen LogP contribution in [0.5, 0.6) is 5.75 Å². The molecule has 0 radical (unpaired) electrons. The number of carbonyl (C=O) groups is 1. The summed E-state index contributed by atoms with van der Waals surface area (Å²) >= 11 is 0. The summed E-state index contributed by atoms with van der Waals surface area (Å²) < 4.78 is 5.70. The summed E-state index contributed by atoms with van der Waals surface area (Å²) in [6, 6.07) is 19.1. The highest BCUT2D eigenvalue weighted by Gasteiger charge is 2.39. The smallest absolute Gasteiger partial charge is 0.328 e. The highest BCUT2D eigenvalue weighted by Crippen LogP contribution is 2.41. The molecule has 0 amide bonds. The zero-order valence-electron chi connectivity index (χ0n) is 18.3. The molecule has 3 atom stereocenters. The number of carboxylic acids is 1. The minimum Gasteiger partial charge on any atom is -0.491 e. The molecule has 170 valence electrons. The molecule has 1 saturated heterocycles. The number of hydrogen-bond acceptors (Lipinski definition) is 5. The zero-order valence-corrected chi connectivity index (χ0v) is 18.3. The lowest BCUT2D eigenvalue weighted by molar-refractivity contribution is -0.131. The summed E-state index contributed by atoms with van der Waals surface area (Å²) in [5, 5.41) is 22.9. The molecule has 3 N–H and O–H groups in total. The van der Waals surface area contributed by atoms with E-state index in [4.69, 9.17) is 9.84 Å². The molecule has 6 heteroatoms. The van der Waals surface area contributed by atoms with Crippen molar-refractivity contribution in [1.82, 2.24) is 10.2 Å². The molecular formula is C26H32N2O4. The van der Waals surface area contributed by atoms with Crippen molar-refractivity contribution >= 4 is 12.0 Å². The SMILES string of the molecule is O=C(O)C=Cc1ccc(OCC(O)CN2CCC(N[C@@H]3C[C@H]3c3ccccc3)CC2)cc1. The molecule has 1 heterocycles. The van der Waals surface area contributed by atoms with E-state index in [9.17, 15) is 9.90 Å². The number of hydrogen-bond donors (Lipinski definition) is 3. The Morgan fingerprint density at radius 2 is 1.84 bits per heavy atom. The Labute approximate surface area is 189 Å². The van der Waals surface area contributed by atoms with Crippen LogP contribution in [0.2, 0.25) is 0 Å². The topological polar surface area (TPSA) is 82.0 Å². The van der Waals surface area contributed by atoms with Gasteiger partial charge >= 0.3 is 5.97 Å². The van der Waals surface area contributed by atoms with Crippen molar-refractivity contribution < 1.29 is 19.7 Å². The number of aliphatic hydroxyl groups excluding tert-OH is 1. The van der Waals surface area contributed by atoms with Crippen molar-refractivity contribution in [3.63, 3.8) is 0 Å². The van der Waals surface area contributed by atoms with Crippen LogP contribution >= 0.6 is 0 Å². The van der Waals surface area contributed by atoms with Gasteiger partial charge in [0.05, 0.1) is 0 Å². The van der Waals surface area contributed by atoms with Gasteiger partial charge in [-0.25, -0.2) is 4.79 Å².